The number of morpholine rings is 1. The summed E-state index contributed by atoms with van der Waals surface area (Å²) < 4.78 is 37.7. The number of halogens is 2. The van der Waals surface area contributed by atoms with Crippen LogP contribution in [0.4, 0.5) is 20.3 Å². The second kappa shape index (κ2) is 14.9. The average Bonchev–Trinajstić information content (AvgIpc) is 3.44. The largest absolute Gasteiger partial charge is 0.378 e. The normalized spacial score (nSPS) is 24.0. The van der Waals surface area contributed by atoms with Crippen molar-refractivity contribution in [2.75, 3.05) is 36.5 Å². The first-order valence-electron chi connectivity index (χ1n) is 17.8. The second-order valence-corrected chi connectivity index (χ2v) is 14.4. The Morgan fingerprint density at radius 1 is 1.06 bits per heavy atom. The number of alkyl halides is 1. The Labute approximate surface area is 286 Å². The minimum atomic E-state index is -1.99. The summed E-state index contributed by atoms with van der Waals surface area (Å²) in [6, 6.07) is 4.18. The fraction of sp³-hybridized carbons (Fsp3) is 0.639. The number of rotatable bonds is 12. The van der Waals surface area contributed by atoms with E-state index in [-0.39, 0.29) is 36.4 Å². The monoisotopic (exact) mass is 682 g/mol. The molecule has 1 saturated heterocycles. The standard InChI is InChI=1S/C36H48F2N6O5/c1-23-7-9-25(10-8-23)32(43(22-45)30-13-16-39-44(30)27-5-3-4-6-27)33(46)40-29-12-11-26(21-28(29)37)24(2)31(41-35(48)36(38)14-15-36)34(47)42-17-19-49-20-18-42/h11-13,16,21-25,27,31-32H,3-10,14-15,17-20H2,1-2H3,(H,40,46)(H,41,48)/t23?,24-,25?,31+,32-/m0/s1. The van der Waals surface area contributed by atoms with Crippen LogP contribution in [0.25, 0.3) is 0 Å². The molecule has 3 aliphatic carbocycles. The molecule has 3 atom stereocenters. The van der Waals surface area contributed by atoms with Crippen molar-refractivity contribution in [3.05, 3.63) is 41.8 Å². The van der Waals surface area contributed by atoms with Crippen molar-refractivity contribution >= 4 is 35.6 Å². The van der Waals surface area contributed by atoms with Gasteiger partial charge in [-0.3, -0.25) is 24.1 Å². The maximum atomic E-state index is 15.9. The number of benzene rings is 1. The number of hydrogen-bond donors (Lipinski definition) is 2. The highest BCUT2D eigenvalue weighted by Crippen LogP contribution is 2.41. The molecule has 1 aliphatic heterocycles. The third kappa shape index (κ3) is 7.66. The molecule has 2 N–H and O–H groups in total. The van der Waals surface area contributed by atoms with Crippen LogP contribution in [0.3, 0.4) is 0 Å². The molecule has 13 heteroatoms. The molecule has 2 heterocycles. The van der Waals surface area contributed by atoms with E-state index < -0.39 is 41.3 Å². The van der Waals surface area contributed by atoms with E-state index in [0.717, 1.165) is 51.4 Å². The van der Waals surface area contributed by atoms with Crippen molar-refractivity contribution in [2.45, 2.75) is 108 Å². The van der Waals surface area contributed by atoms with Gasteiger partial charge in [0.2, 0.25) is 18.2 Å². The molecule has 4 aliphatic rings. The predicted octanol–water partition coefficient (Wildman–Crippen LogP) is 4.88. The molecular weight excluding hydrogens is 634 g/mol. The van der Waals surface area contributed by atoms with Gasteiger partial charge >= 0.3 is 0 Å². The van der Waals surface area contributed by atoms with Crippen molar-refractivity contribution in [3.63, 3.8) is 0 Å². The molecule has 6 rings (SSSR count). The molecule has 4 fully saturated rings. The first-order valence-corrected chi connectivity index (χ1v) is 17.8. The van der Waals surface area contributed by atoms with Crippen molar-refractivity contribution in [1.82, 2.24) is 20.0 Å². The Bertz CT molecular complexity index is 1510. The molecule has 2 aromatic rings. The number of carbonyl (C=O) groups is 4. The summed E-state index contributed by atoms with van der Waals surface area (Å²) in [5.74, 6) is -2.20. The van der Waals surface area contributed by atoms with Crippen LogP contribution in [0.15, 0.2) is 30.5 Å². The minimum absolute atomic E-state index is 0.0638. The summed E-state index contributed by atoms with van der Waals surface area (Å²) in [4.78, 5) is 56.3. The highest BCUT2D eigenvalue weighted by Gasteiger charge is 2.52. The number of nitrogens with one attached hydrogen (secondary N) is 2. The van der Waals surface area contributed by atoms with Crippen LogP contribution in [0.1, 0.15) is 95.6 Å². The van der Waals surface area contributed by atoms with Gasteiger partial charge in [0.15, 0.2) is 5.67 Å². The van der Waals surface area contributed by atoms with Gasteiger partial charge in [-0.2, -0.15) is 5.10 Å². The number of carbonyl (C=O) groups excluding carboxylic acids is 4. The van der Waals surface area contributed by atoms with Gasteiger partial charge in [-0.1, -0.05) is 45.6 Å². The van der Waals surface area contributed by atoms with Gasteiger partial charge in [0.05, 0.1) is 31.1 Å². The van der Waals surface area contributed by atoms with Gasteiger partial charge in [-0.25, -0.2) is 13.5 Å². The van der Waals surface area contributed by atoms with E-state index in [4.69, 9.17) is 4.74 Å². The quantitative estimate of drug-likeness (QED) is 0.308. The number of ether oxygens (including phenoxy) is 1. The first kappa shape index (κ1) is 35.0. The molecule has 266 valence electrons. The minimum Gasteiger partial charge on any atom is -0.378 e. The van der Waals surface area contributed by atoms with Gasteiger partial charge < -0.3 is 20.3 Å². The number of aromatic nitrogens is 2. The molecule has 0 unspecified atom stereocenters. The van der Waals surface area contributed by atoms with E-state index in [2.05, 4.69) is 22.7 Å². The number of amides is 4. The average molecular weight is 683 g/mol. The molecule has 49 heavy (non-hydrogen) atoms. The first-order chi connectivity index (χ1) is 23.6. The highest BCUT2D eigenvalue weighted by atomic mass is 19.1. The van der Waals surface area contributed by atoms with E-state index in [1.54, 1.807) is 30.2 Å². The number of nitrogens with zero attached hydrogens (tertiary/aromatic N) is 4. The summed E-state index contributed by atoms with van der Waals surface area (Å²) in [6.07, 6.45) is 9.95. The van der Waals surface area contributed by atoms with Crippen molar-refractivity contribution in [2.24, 2.45) is 11.8 Å². The van der Waals surface area contributed by atoms with Crippen LogP contribution in [-0.2, 0) is 23.9 Å². The predicted molar refractivity (Wildman–Crippen MR) is 179 cm³/mol. The van der Waals surface area contributed by atoms with Crippen LogP contribution >= 0.6 is 0 Å². The Morgan fingerprint density at radius 3 is 2.39 bits per heavy atom. The van der Waals surface area contributed by atoms with Gasteiger partial charge in [0.1, 0.15) is 23.7 Å². The summed E-state index contributed by atoms with van der Waals surface area (Å²) in [5.41, 5.74) is -1.65. The van der Waals surface area contributed by atoms with Gasteiger partial charge in [-0.05, 0) is 68.1 Å². The third-order valence-corrected chi connectivity index (χ3v) is 11.0. The van der Waals surface area contributed by atoms with Gasteiger partial charge in [0.25, 0.3) is 5.91 Å². The summed E-state index contributed by atoms with van der Waals surface area (Å²) in [7, 11) is 0. The zero-order chi connectivity index (χ0) is 34.7. The van der Waals surface area contributed by atoms with Crippen molar-refractivity contribution < 1.29 is 32.7 Å². The Morgan fingerprint density at radius 2 is 1.76 bits per heavy atom. The summed E-state index contributed by atoms with van der Waals surface area (Å²) in [6.45, 7) is 5.23. The second-order valence-electron chi connectivity index (χ2n) is 14.4. The molecule has 4 amide bonds. The molecule has 11 nitrogen and oxygen atoms in total. The lowest BCUT2D eigenvalue weighted by Gasteiger charge is -2.37. The number of anilines is 2. The fourth-order valence-corrected chi connectivity index (χ4v) is 7.68. The smallest absolute Gasteiger partial charge is 0.258 e. The molecule has 0 spiro atoms. The van der Waals surface area contributed by atoms with Gasteiger partial charge in [0, 0.05) is 25.1 Å². The maximum absolute atomic E-state index is 15.9. The SMILES string of the molecule is CC1CCC([C@@H](C(=O)Nc2ccc([C@H](C)[C@@H](NC(=O)C3(F)CC3)C(=O)N3CCOCC3)cc2F)N(C=O)c2ccnn2C2CCCC2)CC1. The fourth-order valence-electron chi connectivity index (χ4n) is 7.68. The maximum Gasteiger partial charge on any atom is 0.258 e. The topological polar surface area (TPSA) is 126 Å². The Kier molecular flexibility index (Phi) is 10.7. The summed E-state index contributed by atoms with van der Waals surface area (Å²) >= 11 is 0. The van der Waals surface area contributed by atoms with Crippen LogP contribution in [0.5, 0.6) is 0 Å². The van der Waals surface area contributed by atoms with Crippen LogP contribution in [-0.4, -0.2) is 82.9 Å². The molecule has 0 bridgehead atoms. The lowest BCUT2D eigenvalue weighted by molar-refractivity contribution is -0.141. The Hall–Kier alpha value is -3.87. The van der Waals surface area contributed by atoms with Crippen LogP contribution < -0.4 is 15.5 Å². The van der Waals surface area contributed by atoms with Crippen LogP contribution in [0, 0.1) is 17.7 Å². The lowest BCUT2D eigenvalue weighted by Crippen LogP contribution is -2.55. The third-order valence-electron chi connectivity index (χ3n) is 11.0. The molecular formula is C36H48F2N6O5. The van der Waals surface area contributed by atoms with E-state index in [0.29, 0.717) is 50.0 Å². The van der Waals surface area contributed by atoms with E-state index in [1.807, 2.05) is 4.68 Å². The van der Waals surface area contributed by atoms with E-state index in [1.165, 1.54) is 17.0 Å². The van der Waals surface area contributed by atoms with Crippen molar-refractivity contribution in [3.8, 4) is 0 Å². The molecule has 1 aromatic heterocycles. The molecule has 3 saturated carbocycles. The van der Waals surface area contributed by atoms with Gasteiger partial charge in [-0.15, -0.1) is 0 Å². The van der Waals surface area contributed by atoms with E-state index >= 15 is 4.39 Å². The summed E-state index contributed by atoms with van der Waals surface area (Å²) in [5, 5.41) is 9.90. The zero-order valence-electron chi connectivity index (χ0n) is 28.4. The number of hydrogen-bond acceptors (Lipinski definition) is 6. The van der Waals surface area contributed by atoms with Crippen molar-refractivity contribution in [1.29, 1.82) is 0 Å². The van der Waals surface area contributed by atoms with Crippen LogP contribution in [0.2, 0.25) is 0 Å². The zero-order valence-corrected chi connectivity index (χ0v) is 28.4. The molecule has 1 aromatic carbocycles. The highest BCUT2D eigenvalue weighted by molar-refractivity contribution is 6.00. The molecule has 0 radical (unpaired) electrons. The lowest BCUT2D eigenvalue weighted by atomic mass is 9.78. The van der Waals surface area contributed by atoms with E-state index in [9.17, 15) is 23.6 Å². The Balaban J connectivity index is 1.23.